The number of aromatic nitrogens is 3. The highest BCUT2D eigenvalue weighted by molar-refractivity contribution is 7.99. The zero-order valence-corrected chi connectivity index (χ0v) is 8.49. The average Bonchev–Trinajstić information content (AvgIpc) is 2.36. The predicted octanol–water partition coefficient (Wildman–Crippen LogP) is 0.520. The number of aromatic amines is 1. The molecule has 0 saturated carbocycles. The Morgan fingerprint density at radius 1 is 1.75 bits per heavy atom. The largest absolute Gasteiger partial charge is 0.343 e. The maximum Gasteiger partial charge on any atom is 0.343 e. The van der Waals surface area contributed by atoms with E-state index < -0.39 is 0 Å². The minimum atomic E-state index is -0.164. The highest BCUT2D eigenvalue weighted by atomic mass is 32.2. The van der Waals surface area contributed by atoms with Gasteiger partial charge in [0, 0.05) is 12.8 Å². The summed E-state index contributed by atoms with van der Waals surface area (Å²) in [5.74, 6) is 1.81. The first-order valence-corrected chi connectivity index (χ1v) is 5.22. The Balaban J connectivity index is 2.52. The SMILES string of the molecule is Cn1c(SCCCS)n[nH]c1=O. The van der Waals surface area contributed by atoms with Crippen LogP contribution in [0.15, 0.2) is 9.95 Å². The molecule has 68 valence electrons. The van der Waals surface area contributed by atoms with Crippen LogP contribution < -0.4 is 5.69 Å². The Morgan fingerprint density at radius 2 is 2.50 bits per heavy atom. The van der Waals surface area contributed by atoms with Gasteiger partial charge in [-0.05, 0) is 12.2 Å². The van der Waals surface area contributed by atoms with Crippen LogP contribution in [-0.4, -0.2) is 26.3 Å². The van der Waals surface area contributed by atoms with Crippen LogP contribution in [0.25, 0.3) is 0 Å². The number of thioether (sulfide) groups is 1. The molecule has 0 amide bonds. The molecule has 6 heteroatoms. The monoisotopic (exact) mass is 205 g/mol. The summed E-state index contributed by atoms with van der Waals surface area (Å²) in [6.45, 7) is 0. The van der Waals surface area contributed by atoms with E-state index in [1.165, 1.54) is 4.57 Å². The van der Waals surface area contributed by atoms with Crippen molar-refractivity contribution in [2.75, 3.05) is 11.5 Å². The van der Waals surface area contributed by atoms with Gasteiger partial charge in [0.25, 0.3) is 0 Å². The number of hydrogen-bond acceptors (Lipinski definition) is 4. The summed E-state index contributed by atoms with van der Waals surface area (Å²) in [6, 6.07) is 0. The van der Waals surface area contributed by atoms with Gasteiger partial charge in [-0.1, -0.05) is 11.8 Å². The van der Waals surface area contributed by atoms with Crippen molar-refractivity contribution in [3.63, 3.8) is 0 Å². The summed E-state index contributed by atoms with van der Waals surface area (Å²) in [5.41, 5.74) is -0.164. The molecule has 1 aromatic rings. The third-order valence-corrected chi connectivity index (χ3v) is 2.80. The first-order chi connectivity index (χ1) is 5.75. The molecule has 0 aromatic carbocycles. The lowest BCUT2D eigenvalue weighted by molar-refractivity contribution is 0.765. The Bertz CT molecular complexity index is 293. The highest BCUT2D eigenvalue weighted by Gasteiger charge is 2.02. The normalized spacial score (nSPS) is 10.5. The Labute approximate surface area is 80.2 Å². The minimum Gasteiger partial charge on any atom is -0.273 e. The number of thiol groups is 1. The van der Waals surface area contributed by atoms with Gasteiger partial charge in [0.2, 0.25) is 0 Å². The van der Waals surface area contributed by atoms with E-state index in [4.69, 9.17) is 0 Å². The van der Waals surface area contributed by atoms with Crippen LogP contribution in [0, 0.1) is 0 Å². The molecule has 1 N–H and O–H groups in total. The van der Waals surface area contributed by atoms with Crippen molar-refractivity contribution in [2.24, 2.45) is 7.05 Å². The molecule has 1 aromatic heterocycles. The molecule has 4 nitrogen and oxygen atoms in total. The molecule has 12 heavy (non-hydrogen) atoms. The van der Waals surface area contributed by atoms with Gasteiger partial charge in [-0.2, -0.15) is 12.6 Å². The molecule has 1 rings (SSSR count). The zero-order valence-electron chi connectivity index (χ0n) is 6.78. The summed E-state index contributed by atoms with van der Waals surface area (Å²) in [4.78, 5) is 10.9. The number of rotatable bonds is 4. The molecule has 0 radical (unpaired) electrons. The maximum atomic E-state index is 10.9. The van der Waals surface area contributed by atoms with Gasteiger partial charge in [0.1, 0.15) is 0 Å². The first kappa shape index (κ1) is 9.73. The van der Waals surface area contributed by atoms with Gasteiger partial charge in [-0.3, -0.25) is 4.57 Å². The van der Waals surface area contributed by atoms with Crippen LogP contribution in [0.4, 0.5) is 0 Å². The Hall–Kier alpha value is -0.360. The van der Waals surface area contributed by atoms with Gasteiger partial charge < -0.3 is 0 Å². The molecule has 0 spiro atoms. The first-order valence-electron chi connectivity index (χ1n) is 3.60. The summed E-state index contributed by atoms with van der Waals surface area (Å²) in [5, 5.41) is 6.97. The van der Waals surface area contributed by atoms with Crippen molar-refractivity contribution in [1.29, 1.82) is 0 Å². The van der Waals surface area contributed by atoms with Crippen LogP contribution in [0.2, 0.25) is 0 Å². The average molecular weight is 205 g/mol. The second-order valence-corrected chi connectivity index (χ2v) is 3.81. The van der Waals surface area contributed by atoms with Gasteiger partial charge in [-0.15, -0.1) is 5.10 Å². The van der Waals surface area contributed by atoms with Crippen molar-refractivity contribution >= 4 is 24.4 Å². The number of nitrogens with zero attached hydrogens (tertiary/aromatic N) is 2. The maximum absolute atomic E-state index is 10.9. The number of nitrogens with one attached hydrogen (secondary N) is 1. The molecule has 0 atom stereocenters. The summed E-state index contributed by atoms with van der Waals surface area (Å²) in [6.07, 6.45) is 1.02. The quantitative estimate of drug-likeness (QED) is 0.428. The molecule has 0 saturated heterocycles. The van der Waals surface area contributed by atoms with Crippen LogP contribution in [-0.2, 0) is 7.05 Å². The van der Waals surface area contributed by atoms with Crippen LogP contribution in [0.1, 0.15) is 6.42 Å². The van der Waals surface area contributed by atoms with E-state index in [0.717, 1.165) is 23.1 Å². The molecule has 1 heterocycles. The third kappa shape index (κ3) is 2.31. The molecule has 0 aliphatic heterocycles. The van der Waals surface area contributed by atoms with E-state index in [2.05, 4.69) is 22.8 Å². The lowest BCUT2D eigenvalue weighted by Crippen LogP contribution is -2.12. The van der Waals surface area contributed by atoms with Crippen LogP contribution in [0.3, 0.4) is 0 Å². The van der Waals surface area contributed by atoms with Gasteiger partial charge in [-0.25, -0.2) is 9.89 Å². The fourth-order valence-corrected chi connectivity index (χ4v) is 1.92. The molecular weight excluding hydrogens is 194 g/mol. The summed E-state index contributed by atoms with van der Waals surface area (Å²) < 4.78 is 1.50. The van der Waals surface area contributed by atoms with Gasteiger partial charge >= 0.3 is 5.69 Å². The fraction of sp³-hybridized carbons (Fsp3) is 0.667. The highest BCUT2D eigenvalue weighted by Crippen LogP contribution is 2.12. The number of H-pyrrole nitrogens is 1. The van der Waals surface area contributed by atoms with E-state index in [1.54, 1.807) is 18.8 Å². The molecular formula is C6H11N3OS2. The minimum absolute atomic E-state index is 0.164. The fourth-order valence-electron chi connectivity index (χ4n) is 0.690. The molecule has 0 fully saturated rings. The second-order valence-electron chi connectivity index (χ2n) is 2.30. The summed E-state index contributed by atoms with van der Waals surface area (Å²) >= 11 is 5.65. The summed E-state index contributed by atoms with van der Waals surface area (Å²) in [7, 11) is 1.70. The van der Waals surface area contributed by atoms with E-state index >= 15 is 0 Å². The second kappa shape index (κ2) is 4.61. The Kier molecular flexibility index (Phi) is 3.74. The van der Waals surface area contributed by atoms with Crippen LogP contribution >= 0.6 is 24.4 Å². The lowest BCUT2D eigenvalue weighted by atomic mass is 10.6. The lowest BCUT2D eigenvalue weighted by Gasteiger charge is -1.96. The van der Waals surface area contributed by atoms with Crippen molar-refractivity contribution < 1.29 is 0 Å². The van der Waals surface area contributed by atoms with E-state index in [1.807, 2.05) is 0 Å². The topological polar surface area (TPSA) is 50.7 Å². The van der Waals surface area contributed by atoms with E-state index in [-0.39, 0.29) is 5.69 Å². The number of hydrogen-bond donors (Lipinski definition) is 2. The zero-order chi connectivity index (χ0) is 8.97. The van der Waals surface area contributed by atoms with Crippen molar-refractivity contribution in [3.8, 4) is 0 Å². The molecule has 0 unspecified atom stereocenters. The standard InChI is InChI=1S/C6H11N3OS2/c1-9-5(10)7-8-6(9)12-4-2-3-11/h11H,2-4H2,1H3,(H,7,10). The molecule has 0 bridgehead atoms. The van der Waals surface area contributed by atoms with Crippen molar-refractivity contribution in [2.45, 2.75) is 11.6 Å². The van der Waals surface area contributed by atoms with Gasteiger partial charge in [0.05, 0.1) is 0 Å². The third-order valence-electron chi connectivity index (χ3n) is 1.37. The van der Waals surface area contributed by atoms with E-state index in [0.29, 0.717) is 0 Å². The van der Waals surface area contributed by atoms with E-state index in [9.17, 15) is 4.79 Å². The van der Waals surface area contributed by atoms with Gasteiger partial charge in [0.15, 0.2) is 5.16 Å². The Morgan fingerprint density at radius 3 is 3.00 bits per heavy atom. The van der Waals surface area contributed by atoms with Crippen LogP contribution in [0.5, 0.6) is 0 Å². The molecule has 0 aliphatic rings. The smallest absolute Gasteiger partial charge is 0.273 e. The predicted molar refractivity (Wildman–Crippen MR) is 53.0 cm³/mol. The molecule has 0 aliphatic carbocycles. The van der Waals surface area contributed by atoms with Crippen molar-refractivity contribution in [1.82, 2.24) is 14.8 Å². The van der Waals surface area contributed by atoms with Crippen molar-refractivity contribution in [3.05, 3.63) is 10.5 Å².